The Balaban J connectivity index is 4.42. The highest BCUT2D eigenvalue weighted by molar-refractivity contribution is 8.04. The normalized spacial score (nSPS) is 17.2. The number of hydrogen-bond acceptors (Lipinski definition) is 5. The van der Waals surface area contributed by atoms with Crippen LogP contribution in [0.15, 0.2) is 11.8 Å². The Bertz CT molecular complexity index is 369. The van der Waals surface area contributed by atoms with Crippen molar-refractivity contribution in [1.82, 2.24) is 5.32 Å². The van der Waals surface area contributed by atoms with Gasteiger partial charge in [0, 0.05) is 28.6 Å². The number of nitrogens with two attached hydrogens (primary N) is 1. The molecule has 6 nitrogen and oxygen atoms in total. The molecule has 0 heterocycles. The maximum atomic E-state index is 10.8. The van der Waals surface area contributed by atoms with Crippen molar-refractivity contribution in [2.75, 3.05) is 6.54 Å². The predicted octanol–water partition coefficient (Wildman–Crippen LogP) is -2.18. The molecule has 0 unspecified atom stereocenters. The third kappa shape index (κ3) is 6.39. The first-order valence-electron chi connectivity index (χ1n) is 4.28. The minimum Gasteiger partial charge on any atom is -0.393 e. The number of primary sulfonamides is 1. The second kappa shape index (κ2) is 4.88. The van der Waals surface area contributed by atoms with Gasteiger partial charge in [0.15, 0.2) is 5.04 Å². The van der Waals surface area contributed by atoms with Gasteiger partial charge in [-0.2, -0.15) is 0 Å². The molecule has 8 heteroatoms. The standard InChI is InChI=1S/C7H17N3O3SSi/c1-5(6(8)14(9,12)13)3-10-4-7(2,11)15/h3,8,10-11H,4H2,1-2,15H3,(H2,9,12,13)/b5-3-,8-6?/t7-/m0/s1. The first-order valence-corrected chi connectivity index (χ1v) is 6.83. The van der Waals surface area contributed by atoms with E-state index in [2.05, 4.69) is 5.32 Å². The molecule has 0 rings (SSSR count). The second-order valence-electron chi connectivity index (χ2n) is 3.89. The van der Waals surface area contributed by atoms with E-state index in [0.717, 1.165) is 0 Å². The van der Waals surface area contributed by atoms with Gasteiger partial charge in [0.25, 0.3) is 10.0 Å². The molecular weight excluding hydrogens is 234 g/mol. The summed E-state index contributed by atoms with van der Waals surface area (Å²) in [4.78, 5) is 0. The van der Waals surface area contributed by atoms with Crippen molar-refractivity contribution in [3.63, 3.8) is 0 Å². The van der Waals surface area contributed by atoms with Crippen LogP contribution in [0.25, 0.3) is 0 Å². The van der Waals surface area contributed by atoms with Crippen molar-refractivity contribution in [2.24, 2.45) is 5.14 Å². The summed E-state index contributed by atoms with van der Waals surface area (Å²) in [6.45, 7) is 3.44. The van der Waals surface area contributed by atoms with Gasteiger partial charge in [-0.25, -0.2) is 13.6 Å². The topological polar surface area (TPSA) is 116 Å². The summed E-state index contributed by atoms with van der Waals surface area (Å²) in [6, 6.07) is 0. The fourth-order valence-corrected chi connectivity index (χ4v) is 1.46. The van der Waals surface area contributed by atoms with Gasteiger partial charge in [-0.1, -0.05) is 0 Å². The Labute approximate surface area is 92.5 Å². The molecule has 0 aromatic rings. The summed E-state index contributed by atoms with van der Waals surface area (Å²) >= 11 is 0. The zero-order valence-corrected chi connectivity index (χ0v) is 11.9. The van der Waals surface area contributed by atoms with Crippen LogP contribution in [0.2, 0.25) is 0 Å². The van der Waals surface area contributed by atoms with Crippen molar-refractivity contribution < 1.29 is 13.5 Å². The molecule has 0 aromatic heterocycles. The van der Waals surface area contributed by atoms with Gasteiger partial charge in [0.1, 0.15) is 0 Å². The molecule has 5 N–H and O–H groups in total. The zero-order chi connectivity index (χ0) is 12.3. The molecular formula is C7H17N3O3SSi. The fraction of sp³-hybridized carbons (Fsp3) is 0.571. The number of rotatable bonds is 4. The van der Waals surface area contributed by atoms with E-state index in [9.17, 15) is 13.5 Å². The van der Waals surface area contributed by atoms with Crippen molar-refractivity contribution in [3.8, 4) is 0 Å². The summed E-state index contributed by atoms with van der Waals surface area (Å²) < 4.78 is 21.5. The minimum atomic E-state index is -3.95. The first-order chi connectivity index (χ1) is 6.54. The Morgan fingerprint density at radius 3 is 2.53 bits per heavy atom. The van der Waals surface area contributed by atoms with E-state index >= 15 is 0 Å². The van der Waals surface area contributed by atoms with E-state index in [-0.39, 0.29) is 5.57 Å². The zero-order valence-electron chi connectivity index (χ0n) is 9.03. The number of aliphatic hydroxyl groups is 1. The van der Waals surface area contributed by atoms with Gasteiger partial charge in [-0.15, -0.1) is 0 Å². The summed E-state index contributed by atoms with van der Waals surface area (Å²) in [6.07, 6.45) is 1.36. The average molecular weight is 251 g/mol. The van der Waals surface area contributed by atoms with Gasteiger partial charge < -0.3 is 10.4 Å². The molecule has 15 heavy (non-hydrogen) atoms. The van der Waals surface area contributed by atoms with Gasteiger partial charge in [-0.05, 0) is 13.8 Å². The highest BCUT2D eigenvalue weighted by Crippen LogP contribution is 1.99. The fourth-order valence-electron chi connectivity index (χ4n) is 0.744. The number of hydrogen-bond donors (Lipinski definition) is 4. The summed E-state index contributed by atoms with van der Waals surface area (Å²) in [5.74, 6) is 0. The van der Waals surface area contributed by atoms with Crippen LogP contribution in [-0.4, -0.2) is 40.6 Å². The van der Waals surface area contributed by atoms with E-state index < -0.39 is 20.3 Å². The van der Waals surface area contributed by atoms with Crippen LogP contribution in [0.1, 0.15) is 13.8 Å². The first kappa shape index (κ1) is 14.3. The highest BCUT2D eigenvalue weighted by atomic mass is 32.2. The molecule has 0 saturated carbocycles. The van der Waals surface area contributed by atoms with Gasteiger partial charge in [0.2, 0.25) is 0 Å². The largest absolute Gasteiger partial charge is 0.393 e. The third-order valence-electron chi connectivity index (χ3n) is 1.50. The molecule has 0 fully saturated rings. The molecule has 0 aliphatic carbocycles. The van der Waals surface area contributed by atoms with Crippen molar-refractivity contribution >= 4 is 25.3 Å². The van der Waals surface area contributed by atoms with E-state index in [1.54, 1.807) is 6.92 Å². The Morgan fingerprint density at radius 2 is 2.20 bits per heavy atom. The summed E-state index contributed by atoms with van der Waals surface area (Å²) in [5, 5.41) is 22.7. The molecule has 88 valence electrons. The van der Waals surface area contributed by atoms with Crippen molar-refractivity contribution in [1.29, 1.82) is 5.41 Å². The van der Waals surface area contributed by atoms with Crippen LogP contribution in [0.4, 0.5) is 0 Å². The van der Waals surface area contributed by atoms with E-state index in [0.29, 0.717) is 16.8 Å². The smallest absolute Gasteiger partial charge is 0.255 e. The molecule has 0 saturated heterocycles. The molecule has 0 aliphatic heterocycles. The van der Waals surface area contributed by atoms with Gasteiger partial charge in [-0.3, -0.25) is 5.41 Å². The Hall–Kier alpha value is -0.703. The SMILES string of the molecule is C/C(=C/NC[C@@](C)(O)[SiH3])C(=N)S(N)(=O)=O. The molecule has 0 aliphatic rings. The maximum Gasteiger partial charge on any atom is 0.255 e. The van der Waals surface area contributed by atoms with Crippen LogP contribution in [0.5, 0.6) is 0 Å². The van der Waals surface area contributed by atoms with Crippen LogP contribution in [-0.2, 0) is 10.0 Å². The van der Waals surface area contributed by atoms with Crippen molar-refractivity contribution in [3.05, 3.63) is 11.8 Å². The van der Waals surface area contributed by atoms with Crippen LogP contribution < -0.4 is 10.5 Å². The highest BCUT2D eigenvalue weighted by Gasteiger charge is 2.14. The molecule has 0 spiro atoms. The van der Waals surface area contributed by atoms with Crippen LogP contribution in [0.3, 0.4) is 0 Å². The quantitative estimate of drug-likeness (QED) is 0.258. The number of nitrogens with one attached hydrogen (secondary N) is 2. The lowest BCUT2D eigenvalue weighted by atomic mass is 10.3. The molecule has 0 radical (unpaired) electrons. The Morgan fingerprint density at radius 1 is 1.73 bits per heavy atom. The second-order valence-corrected chi connectivity index (χ2v) is 7.55. The van der Waals surface area contributed by atoms with E-state index in [1.165, 1.54) is 13.1 Å². The monoisotopic (exact) mass is 251 g/mol. The average Bonchev–Trinajstić information content (AvgIpc) is 1.98. The lowest BCUT2D eigenvalue weighted by molar-refractivity contribution is 0.150. The number of sulfonamides is 1. The van der Waals surface area contributed by atoms with Gasteiger partial charge >= 0.3 is 0 Å². The Kier molecular flexibility index (Phi) is 4.65. The molecule has 0 aromatic carbocycles. The van der Waals surface area contributed by atoms with Crippen molar-refractivity contribution in [2.45, 2.75) is 19.1 Å². The lowest BCUT2D eigenvalue weighted by Gasteiger charge is -2.17. The van der Waals surface area contributed by atoms with E-state index in [4.69, 9.17) is 10.5 Å². The predicted molar refractivity (Wildman–Crippen MR) is 63.2 cm³/mol. The summed E-state index contributed by atoms with van der Waals surface area (Å²) in [7, 11) is -3.35. The summed E-state index contributed by atoms with van der Waals surface area (Å²) in [5.41, 5.74) is 0.211. The van der Waals surface area contributed by atoms with Crippen LogP contribution in [0, 0.1) is 5.41 Å². The molecule has 1 atom stereocenters. The minimum absolute atomic E-state index is 0.211. The molecule has 0 amide bonds. The third-order valence-corrected chi connectivity index (χ3v) is 2.74. The lowest BCUT2D eigenvalue weighted by Crippen LogP contribution is -2.36. The molecule has 0 bridgehead atoms. The maximum absolute atomic E-state index is 10.8. The van der Waals surface area contributed by atoms with E-state index in [1.807, 2.05) is 0 Å². The van der Waals surface area contributed by atoms with Crippen LogP contribution >= 0.6 is 0 Å². The van der Waals surface area contributed by atoms with Gasteiger partial charge in [0.05, 0.1) is 5.22 Å².